The van der Waals surface area contributed by atoms with E-state index in [1.807, 2.05) is 19.2 Å². The van der Waals surface area contributed by atoms with E-state index in [4.69, 9.17) is 5.73 Å². The summed E-state index contributed by atoms with van der Waals surface area (Å²) in [6, 6.07) is 0. The van der Waals surface area contributed by atoms with Crippen molar-refractivity contribution in [3.05, 3.63) is 24.7 Å². The van der Waals surface area contributed by atoms with Gasteiger partial charge in [0.15, 0.2) is 5.65 Å². The second kappa shape index (κ2) is 4.71. The van der Waals surface area contributed by atoms with Crippen molar-refractivity contribution in [1.82, 2.24) is 19.7 Å². The van der Waals surface area contributed by atoms with Gasteiger partial charge in [0.2, 0.25) is 0 Å². The topological polar surface area (TPSA) is 81.7 Å². The minimum absolute atomic E-state index is 0.549. The molecule has 0 amide bonds. The zero-order valence-corrected chi connectivity index (χ0v) is 9.09. The number of rotatable bonds is 4. The van der Waals surface area contributed by atoms with Crippen LogP contribution in [0.2, 0.25) is 0 Å². The SMILES string of the molecule is Cn1ncc2c(NC/C=C/CN)ncnc21. The molecular formula is C10H14N6. The largest absolute Gasteiger partial charge is 0.366 e. The number of anilines is 1. The Morgan fingerprint density at radius 2 is 2.31 bits per heavy atom. The summed E-state index contributed by atoms with van der Waals surface area (Å²) in [4.78, 5) is 8.33. The fraction of sp³-hybridized carbons (Fsp3) is 0.300. The van der Waals surface area contributed by atoms with Crippen LogP contribution in [0.4, 0.5) is 5.82 Å². The number of nitrogens with two attached hydrogens (primary N) is 1. The van der Waals surface area contributed by atoms with Gasteiger partial charge >= 0.3 is 0 Å². The second-order valence-corrected chi connectivity index (χ2v) is 3.32. The van der Waals surface area contributed by atoms with Gasteiger partial charge < -0.3 is 11.1 Å². The molecule has 16 heavy (non-hydrogen) atoms. The van der Waals surface area contributed by atoms with E-state index in [9.17, 15) is 0 Å². The maximum atomic E-state index is 5.35. The molecule has 0 saturated heterocycles. The molecule has 0 bridgehead atoms. The Labute approximate surface area is 93.2 Å². The molecule has 2 heterocycles. The van der Waals surface area contributed by atoms with Crippen molar-refractivity contribution >= 4 is 16.9 Å². The van der Waals surface area contributed by atoms with Gasteiger partial charge in [-0.15, -0.1) is 0 Å². The van der Waals surface area contributed by atoms with Gasteiger partial charge in [0.1, 0.15) is 12.1 Å². The van der Waals surface area contributed by atoms with E-state index >= 15 is 0 Å². The minimum Gasteiger partial charge on any atom is -0.366 e. The number of fused-ring (bicyclic) bond motifs is 1. The molecule has 2 aromatic rings. The zero-order valence-electron chi connectivity index (χ0n) is 9.09. The molecule has 0 radical (unpaired) electrons. The Hall–Kier alpha value is -1.95. The number of nitrogens with zero attached hydrogens (tertiary/aromatic N) is 4. The molecule has 2 aromatic heterocycles. The summed E-state index contributed by atoms with van der Waals surface area (Å²) in [6.07, 6.45) is 7.14. The summed E-state index contributed by atoms with van der Waals surface area (Å²) in [7, 11) is 1.85. The lowest BCUT2D eigenvalue weighted by Crippen LogP contribution is -2.03. The van der Waals surface area contributed by atoms with E-state index in [1.165, 1.54) is 6.33 Å². The fourth-order valence-corrected chi connectivity index (χ4v) is 1.44. The van der Waals surface area contributed by atoms with Crippen molar-refractivity contribution in [3.63, 3.8) is 0 Å². The summed E-state index contributed by atoms with van der Waals surface area (Å²) in [6.45, 7) is 1.24. The van der Waals surface area contributed by atoms with Crippen molar-refractivity contribution in [3.8, 4) is 0 Å². The molecule has 0 aliphatic carbocycles. The monoisotopic (exact) mass is 218 g/mol. The average Bonchev–Trinajstić information content (AvgIpc) is 2.68. The Morgan fingerprint density at radius 3 is 3.12 bits per heavy atom. The third kappa shape index (κ3) is 2.01. The zero-order chi connectivity index (χ0) is 11.4. The molecule has 0 spiro atoms. The van der Waals surface area contributed by atoms with E-state index in [1.54, 1.807) is 10.9 Å². The van der Waals surface area contributed by atoms with Crippen LogP contribution in [-0.2, 0) is 7.05 Å². The molecule has 6 nitrogen and oxygen atoms in total. The van der Waals surface area contributed by atoms with Crippen LogP contribution in [0, 0.1) is 0 Å². The van der Waals surface area contributed by atoms with Gasteiger partial charge in [-0.3, -0.25) is 4.68 Å². The summed E-state index contributed by atoms with van der Waals surface area (Å²) < 4.78 is 1.72. The number of aryl methyl sites for hydroxylation is 1. The first kappa shape index (κ1) is 10.6. The summed E-state index contributed by atoms with van der Waals surface area (Å²) in [5.41, 5.74) is 6.17. The first-order chi connectivity index (χ1) is 7.83. The number of hydrogen-bond donors (Lipinski definition) is 2. The number of nitrogens with one attached hydrogen (secondary N) is 1. The van der Waals surface area contributed by atoms with Crippen LogP contribution in [-0.4, -0.2) is 32.8 Å². The predicted octanol–water partition coefficient (Wildman–Crippen LogP) is 0.290. The summed E-state index contributed by atoms with van der Waals surface area (Å²) in [5, 5.41) is 8.25. The quantitative estimate of drug-likeness (QED) is 0.721. The van der Waals surface area contributed by atoms with Crippen LogP contribution in [0.15, 0.2) is 24.7 Å². The van der Waals surface area contributed by atoms with Crippen molar-refractivity contribution in [2.45, 2.75) is 0 Å². The van der Waals surface area contributed by atoms with Crippen LogP contribution in [0.25, 0.3) is 11.0 Å². The van der Waals surface area contributed by atoms with E-state index in [2.05, 4.69) is 20.4 Å². The fourth-order valence-electron chi connectivity index (χ4n) is 1.44. The molecule has 0 aliphatic rings. The Balaban J connectivity index is 2.20. The van der Waals surface area contributed by atoms with Gasteiger partial charge in [-0.1, -0.05) is 12.2 Å². The lowest BCUT2D eigenvalue weighted by atomic mass is 10.4. The second-order valence-electron chi connectivity index (χ2n) is 3.32. The van der Waals surface area contributed by atoms with Gasteiger partial charge in [0, 0.05) is 20.1 Å². The van der Waals surface area contributed by atoms with Crippen LogP contribution < -0.4 is 11.1 Å². The third-order valence-corrected chi connectivity index (χ3v) is 2.22. The molecule has 0 atom stereocenters. The highest BCUT2D eigenvalue weighted by molar-refractivity contribution is 5.85. The van der Waals surface area contributed by atoms with Crippen LogP contribution in [0.1, 0.15) is 0 Å². The molecule has 0 fully saturated rings. The minimum atomic E-state index is 0.549. The van der Waals surface area contributed by atoms with Gasteiger partial charge in [-0.2, -0.15) is 5.10 Å². The normalized spacial score (nSPS) is 11.4. The lowest BCUT2D eigenvalue weighted by molar-refractivity contribution is 0.785. The van der Waals surface area contributed by atoms with Gasteiger partial charge in [0.25, 0.3) is 0 Å². The molecule has 6 heteroatoms. The Morgan fingerprint density at radius 1 is 1.44 bits per heavy atom. The van der Waals surface area contributed by atoms with E-state index in [0.717, 1.165) is 16.9 Å². The third-order valence-electron chi connectivity index (χ3n) is 2.22. The Kier molecular flexibility index (Phi) is 3.11. The van der Waals surface area contributed by atoms with E-state index in [-0.39, 0.29) is 0 Å². The van der Waals surface area contributed by atoms with Crippen molar-refractivity contribution in [2.75, 3.05) is 18.4 Å². The highest BCUT2D eigenvalue weighted by Crippen LogP contribution is 2.17. The van der Waals surface area contributed by atoms with Crippen molar-refractivity contribution in [2.24, 2.45) is 12.8 Å². The van der Waals surface area contributed by atoms with Crippen LogP contribution >= 0.6 is 0 Å². The van der Waals surface area contributed by atoms with Crippen molar-refractivity contribution < 1.29 is 0 Å². The number of hydrogen-bond acceptors (Lipinski definition) is 5. The van der Waals surface area contributed by atoms with E-state index in [0.29, 0.717) is 13.1 Å². The molecular weight excluding hydrogens is 204 g/mol. The first-order valence-corrected chi connectivity index (χ1v) is 5.04. The van der Waals surface area contributed by atoms with Crippen LogP contribution in [0.3, 0.4) is 0 Å². The lowest BCUT2D eigenvalue weighted by Gasteiger charge is -2.02. The molecule has 0 aliphatic heterocycles. The van der Waals surface area contributed by atoms with Crippen LogP contribution in [0.5, 0.6) is 0 Å². The highest BCUT2D eigenvalue weighted by Gasteiger charge is 2.05. The standard InChI is InChI=1S/C10H14N6/c1-16-10-8(6-15-16)9(13-7-14-10)12-5-3-2-4-11/h2-3,6-7H,4-5,11H2,1H3,(H,12,13,14)/b3-2+. The average molecular weight is 218 g/mol. The van der Waals surface area contributed by atoms with Gasteiger partial charge in [-0.25, -0.2) is 9.97 Å². The Bertz CT molecular complexity index is 501. The molecule has 2 rings (SSSR count). The summed E-state index contributed by atoms with van der Waals surface area (Å²) in [5.74, 6) is 0.791. The maximum Gasteiger partial charge on any atom is 0.163 e. The maximum absolute atomic E-state index is 5.35. The van der Waals surface area contributed by atoms with Gasteiger partial charge in [-0.05, 0) is 0 Å². The van der Waals surface area contributed by atoms with Crippen molar-refractivity contribution in [1.29, 1.82) is 0 Å². The highest BCUT2D eigenvalue weighted by atomic mass is 15.3. The molecule has 3 N–H and O–H groups in total. The molecule has 0 aromatic carbocycles. The molecule has 0 unspecified atom stereocenters. The van der Waals surface area contributed by atoms with Gasteiger partial charge in [0.05, 0.1) is 11.6 Å². The smallest absolute Gasteiger partial charge is 0.163 e. The summed E-state index contributed by atoms with van der Waals surface area (Å²) >= 11 is 0. The first-order valence-electron chi connectivity index (χ1n) is 5.04. The predicted molar refractivity (Wildman–Crippen MR) is 63.0 cm³/mol. The number of aromatic nitrogens is 4. The molecule has 0 saturated carbocycles. The molecule has 84 valence electrons. The van der Waals surface area contributed by atoms with E-state index < -0.39 is 0 Å².